The zero-order valence-electron chi connectivity index (χ0n) is 44.1. The minimum absolute atomic E-state index is 0. The summed E-state index contributed by atoms with van der Waals surface area (Å²) in [4.78, 5) is 10.4. The SMILES string of the molecule is [2H]C1([2H])C[C@@]2(C)N=C(c3[c-]c(Oc4[c-]c(-n5c6ccc(C(C)(C)C)cc6c6cc(C)cnc65)cc(C(C)(C)C)c4)cc(-c4c(C)cc(C)cc4C)c3)O[C@@]2(C)c2cc(C)c(C(C)(C)C)c(C)c21.[Pt+2]. The van der Waals surface area contributed by atoms with Gasteiger partial charge in [0, 0.05) is 36.8 Å². The van der Waals surface area contributed by atoms with Crippen molar-refractivity contribution in [3.05, 3.63) is 152 Å². The summed E-state index contributed by atoms with van der Waals surface area (Å²) in [6.07, 6.45) is 0.476. The summed E-state index contributed by atoms with van der Waals surface area (Å²) in [5.74, 6) is 1.48. The van der Waals surface area contributed by atoms with Crippen LogP contribution in [0.2, 0.25) is 0 Å². The van der Waals surface area contributed by atoms with Gasteiger partial charge in [-0.15, -0.1) is 29.8 Å². The third-order valence-electron chi connectivity index (χ3n) is 14.1. The molecule has 5 nitrogen and oxygen atoms in total. The molecule has 1 aliphatic heterocycles. The Kier molecular flexibility index (Phi) is 10.9. The van der Waals surface area contributed by atoms with Crippen molar-refractivity contribution in [2.24, 2.45) is 4.99 Å². The predicted molar refractivity (Wildman–Crippen MR) is 271 cm³/mol. The number of fused-ring (bicyclic) bond motifs is 6. The summed E-state index contributed by atoms with van der Waals surface area (Å²) in [5.41, 5.74) is 15.1. The molecule has 0 unspecified atom stereocenters. The number of hydrogen-bond acceptors (Lipinski definition) is 4. The molecule has 0 fully saturated rings. The van der Waals surface area contributed by atoms with Crippen molar-refractivity contribution in [2.45, 2.75) is 158 Å². The van der Waals surface area contributed by atoms with Crippen LogP contribution in [-0.4, -0.2) is 21.0 Å². The minimum atomic E-state index is -1.63. The number of rotatable bonds is 5. The zero-order chi connectivity index (χ0) is 48.7. The maximum absolute atomic E-state index is 9.59. The summed E-state index contributed by atoms with van der Waals surface area (Å²) in [7, 11) is 0. The van der Waals surface area contributed by atoms with E-state index in [1.165, 1.54) is 16.7 Å². The monoisotopic (exact) mass is 1060 g/mol. The van der Waals surface area contributed by atoms with Gasteiger partial charge in [-0.3, -0.25) is 4.99 Å². The minimum Gasteiger partial charge on any atom is -0.508 e. The molecule has 3 heterocycles. The van der Waals surface area contributed by atoms with Crippen LogP contribution in [-0.2, 0) is 54.0 Å². The van der Waals surface area contributed by atoms with Gasteiger partial charge in [0.1, 0.15) is 17.1 Å². The molecule has 5 aromatic carbocycles. The third kappa shape index (κ3) is 7.95. The topological polar surface area (TPSA) is 48.6 Å². The first-order chi connectivity index (χ1) is 31.0. The van der Waals surface area contributed by atoms with Gasteiger partial charge in [-0.2, -0.15) is 0 Å². The number of aliphatic imine (C=N–C) groups is 1. The molecular weight excluding hydrogens is 990 g/mol. The first-order valence-electron chi connectivity index (χ1n) is 24.3. The van der Waals surface area contributed by atoms with E-state index < -0.39 is 17.5 Å². The molecule has 0 radical (unpaired) electrons. The summed E-state index contributed by atoms with van der Waals surface area (Å²) < 4.78 is 35.7. The van der Waals surface area contributed by atoms with E-state index in [-0.39, 0.29) is 43.7 Å². The van der Waals surface area contributed by atoms with Gasteiger partial charge >= 0.3 is 21.1 Å². The van der Waals surface area contributed by atoms with Crippen molar-refractivity contribution in [2.75, 3.05) is 0 Å². The molecule has 66 heavy (non-hydrogen) atoms. The Morgan fingerprint density at radius 2 is 1.38 bits per heavy atom. The smallest absolute Gasteiger partial charge is 0.508 e. The molecule has 9 rings (SSSR count). The Hall–Kier alpha value is -4.99. The molecule has 7 aromatic rings. The molecule has 344 valence electrons. The first-order valence-corrected chi connectivity index (χ1v) is 23.3. The Morgan fingerprint density at radius 3 is 2.03 bits per heavy atom. The molecule has 0 N–H and O–H groups in total. The van der Waals surface area contributed by atoms with Crippen molar-refractivity contribution in [3.8, 4) is 28.3 Å². The summed E-state index contributed by atoms with van der Waals surface area (Å²) in [6.45, 7) is 36.9. The van der Waals surface area contributed by atoms with Crippen LogP contribution in [0.3, 0.4) is 0 Å². The molecule has 0 spiro atoms. The van der Waals surface area contributed by atoms with Gasteiger partial charge in [-0.25, -0.2) is 4.98 Å². The molecule has 0 saturated carbocycles. The second-order valence-electron chi connectivity index (χ2n) is 22.6. The molecule has 2 aliphatic rings. The fourth-order valence-electron chi connectivity index (χ4n) is 10.8. The van der Waals surface area contributed by atoms with Crippen LogP contribution >= 0.6 is 0 Å². The Labute approximate surface area is 411 Å². The predicted octanol–water partition coefficient (Wildman–Crippen LogP) is 15.4. The van der Waals surface area contributed by atoms with E-state index >= 15 is 0 Å². The van der Waals surface area contributed by atoms with Crippen molar-refractivity contribution in [1.82, 2.24) is 9.55 Å². The molecule has 2 aromatic heterocycles. The average molecular weight is 1060 g/mol. The van der Waals surface area contributed by atoms with Crippen LogP contribution < -0.4 is 4.74 Å². The van der Waals surface area contributed by atoms with Gasteiger partial charge < -0.3 is 14.0 Å². The molecule has 1 aliphatic carbocycles. The Morgan fingerprint density at radius 1 is 0.712 bits per heavy atom. The number of hydrogen-bond donors (Lipinski definition) is 0. The van der Waals surface area contributed by atoms with Crippen molar-refractivity contribution in [3.63, 3.8) is 0 Å². The Bertz CT molecular complexity index is 3230. The Balaban J connectivity index is 0.00000625. The second-order valence-corrected chi connectivity index (χ2v) is 22.6. The van der Waals surface area contributed by atoms with E-state index in [1.54, 1.807) is 0 Å². The van der Waals surface area contributed by atoms with Crippen LogP contribution in [0.15, 0.2) is 77.9 Å². The normalized spacial score (nSPS) is 19.7. The molecular formula is C60H67N3O2Pt. The molecule has 0 amide bonds. The summed E-state index contributed by atoms with van der Waals surface area (Å²) in [6, 6.07) is 31.4. The quantitative estimate of drug-likeness (QED) is 0.161. The van der Waals surface area contributed by atoms with E-state index in [0.29, 0.717) is 23.0 Å². The maximum atomic E-state index is 9.59. The van der Waals surface area contributed by atoms with Crippen molar-refractivity contribution < 1.29 is 33.3 Å². The van der Waals surface area contributed by atoms with Crippen LogP contribution in [0.4, 0.5) is 0 Å². The fraction of sp³-hybridized carbons (Fsp3) is 0.400. The van der Waals surface area contributed by atoms with Gasteiger partial charge in [0.2, 0.25) is 0 Å². The standard InChI is InChI=1S/C60H67N3O2.Pt/c1-34-22-36(3)52(37(4)23-34)40-26-41(55-62-59(16)21-20-47-39(6)53(58(13,14)15)38(5)25-50(47)60(59,17)65-55)28-45(27-40)64-46-30-43(57(10,11)12)29-44(32-46)63-51-19-18-42(56(7,8)9)31-48(51)49-24-35(2)33-61-54(49)63;/h18-19,22-27,29-31,33H,20-21H2,1-17H3;/q-2;+2/t59-,60+;/m1./s1/i20D2;. The molecule has 0 bridgehead atoms. The van der Waals surface area contributed by atoms with E-state index in [4.69, 9.17) is 19.5 Å². The number of nitrogens with zero attached hydrogens (tertiary/aromatic N) is 3. The maximum Gasteiger partial charge on any atom is 2.00 e. The van der Waals surface area contributed by atoms with Gasteiger partial charge in [0.05, 0.1) is 11.1 Å². The van der Waals surface area contributed by atoms with E-state index in [1.807, 2.05) is 13.1 Å². The van der Waals surface area contributed by atoms with E-state index in [2.05, 4.69) is 194 Å². The summed E-state index contributed by atoms with van der Waals surface area (Å²) >= 11 is 0. The second kappa shape index (κ2) is 16.1. The number of ether oxygens (including phenoxy) is 2. The molecule has 2 atom stereocenters. The van der Waals surface area contributed by atoms with E-state index in [0.717, 1.165) is 83.3 Å². The van der Waals surface area contributed by atoms with Crippen LogP contribution in [0.25, 0.3) is 38.8 Å². The van der Waals surface area contributed by atoms with Crippen molar-refractivity contribution >= 4 is 27.8 Å². The first kappa shape index (κ1) is 44.8. The number of aromatic nitrogens is 2. The molecule has 6 heteroatoms. The van der Waals surface area contributed by atoms with Gasteiger partial charge in [0.25, 0.3) is 0 Å². The number of pyridine rings is 1. The molecule has 0 saturated heterocycles. The van der Waals surface area contributed by atoms with Gasteiger partial charge in [-0.05, 0) is 153 Å². The number of aryl methyl sites for hydroxylation is 5. The van der Waals surface area contributed by atoms with Gasteiger partial charge in [0.15, 0.2) is 0 Å². The van der Waals surface area contributed by atoms with Crippen LogP contribution in [0.1, 0.15) is 152 Å². The van der Waals surface area contributed by atoms with Gasteiger partial charge in [-0.1, -0.05) is 121 Å². The summed E-state index contributed by atoms with van der Waals surface area (Å²) in [5, 5.41) is 2.25. The third-order valence-corrected chi connectivity index (χ3v) is 14.1. The number of benzene rings is 5. The van der Waals surface area contributed by atoms with Crippen LogP contribution in [0.5, 0.6) is 11.5 Å². The van der Waals surface area contributed by atoms with Crippen LogP contribution in [0, 0.1) is 53.7 Å². The van der Waals surface area contributed by atoms with E-state index in [9.17, 15) is 2.74 Å². The zero-order valence-corrected chi connectivity index (χ0v) is 44.4. The average Bonchev–Trinajstić information content (AvgIpc) is 3.65. The largest absolute Gasteiger partial charge is 2.00 e. The fourth-order valence-corrected chi connectivity index (χ4v) is 10.8. The van der Waals surface area contributed by atoms with Crippen molar-refractivity contribution in [1.29, 1.82) is 0 Å².